The molecule has 2 heteroatoms. The summed E-state index contributed by atoms with van der Waals surface area (Å²) in [5.41, 5.74) is 3.92. The number of benzene rings is 2. The molecule has 0 spiro atoms. The third-order valence-corrected chi connectivity index (χ3v) is 3.28. The Balaban J connectivity index is 2.34. The molecule has 0 unspecified atom stereocenters. The maximum absolute atomic E-state index is 11.1. The Hall–Kier alpha value is -1.60. The Morgan fingerprint density at radius 3 is 2.37 bits per heavy atom. The van der Waals surface area contributed by atoms with Gasteiger partial charge in [-0.05, 0) is 41.2 Å². The summed E-state index contributed by atoms with van der Waals surface area (Å²) >= 11 is 5.91. The smallest absolute Gasteiger partial charge is 0.150 e. The zero-order valence-corrected chi connectivity index (χ0v) is 11.9. The molecule has 0 radical (unpaired) electrons. The van der Waals surface area contributed by atoms with Crippen LogP contribution < -0.4 is 0 Å². The van der Waals surface area contributed by atoms with Crippen LogP contribution in [0, 0.1) is 5.92 Å². The predicted octanol–water partition coefficient (Wildman–Crippen LogP) is 5.02. The Labute approximate surface area is 119 Å². The van der Waals surface area contributed by atoms with E-state index in [0.717, 1.165) is 23.8 Å². The van der Waals surface area contributed by atoms with Crippen molar-refractivity contribution in [3.63, 3.8) is 0 Å². The Morgan fingerprint density at radius 2 is 1.79 bits per heavy atom. The van der Waals surface area contributed by atoms with Crippen LogP contribution in [-0.2, 0) is 6.42 Å². The minimum Gasteiger partial charge on any atom is -0.298 e. The van der Waals surface area contributed by atoms with Gasteiger partial charge < -0.3 is 0 Å². The third kappa shape index (κ3) is 3.45. The van der Waals surface area contributed by atoms with Crippen molar-refractivity contribution >= 4 is 17.9 Å². The van der Waals surface area contributed by atoms with Crippen LogP contribution in [0.1, 0.15) is 29.8 Å². The lowest BCUT2D eigenvalue weighted by atomic mass is 9.97. The molecule has 19 heavy (non-hydrogen) atoms. The van der Waals surface area contributed by atoms with Crippen LogP contribution >= 0.6 is 11.6 Å². The van der Waals surface area contributed by atoms with Crippen molar-refractivity contribution in [3.8, 4) is 11.1 Å². The molecule has 0 heterocycles. The van der Waals surface area contributed by atoms with Crippen molar-refractivity contribution < 1.29 is 4.79 Å². The van der Waals surface area contributed by atoms with Crippen molar-refractivity contribution in [3.05, 3.63) is 58.6 Å². The van der Waals surface area contributed by atoms with E-state index in [1.54, 1.807) is 6.07 Å². The second kappa shape index (κ2) is 6.03. The molecule has 2 rings (SSSR count). The van der Waals surface area contributed by atoms with Gasteiger partial charge in [0.1, 0.15) is 0 Å². The summed E-state index contributed by atoms with van der Waals surface area (Å²) in [6.45, 7) is 4.41. The lowest BCUT2D eigenvalue weighted by molar-refractivity contribution is 0.112. The number of hydrogen-bond acceptors (Lipinski definition) is 1. The average molecular weight is 273 g/mol. The standard InChI is InChI=1S/C17H17ClO/c1-12(2)9-13-3-5-14(6-4-13)17-8-7-16(18)10-15(17)11-19/h3-8,10-12H,9H2,1-2H3. The molecule has 0 atom stereocenters. The molecule has 2 aromatic rings. The number of hydrogen-bond donors (Lipinski definition) is 0. The highest BCUT2D eigenvalue weighted by molar-refractivity contribution is 6.31. The van der Waals surface area contributed by atoms with Gasteiger partial charge in [-0.25, -0.2) is 0 Å². The predicted molar refractivity (Wildman–Crippen MR) is 80.8 cm³/mol. The quantitative estimate of drug-likeness (QED) is 0.715. The van der Waals surface area contributed by atoms with Crippen LogP contribution in [0.3, 0.4) is 0 Å². The fourth-order valence-electron chi connectivity index (χ4n) is 2.19. The zero-order valence-electron chi connectivity index (χ0n) is 11.2. The van der Waals surface area contributed by atoms with Gasteiger partial charge in [-0.15, -0.1) is 0 Å². The first-order chi connectivity index (χ1) is 9.10. The van der Waals surface area contributed by atoms with Crippen molar-refractivity contribution in [2.75, 3.05) is 0 Å². The number of carbonyl (C=O) groups excluding carboxylic acids is 1. The topological polar surface area (TPSA) is 17.1 Å². The molecule has 2 aromatic carbocycles. The molecule has 0 aromatic heterocycles. The van der Waals surface area contributed by atoms with Crippen LogP contribution in [0.25, 0.3) is 11.1 Å². The fraction of sp³-hybridized carbons (Fsp3) is 0.235. The van der Waals surface area contributed by atoms with E-state index in [-0.39, 0.29) is 0 Å². The van der Waals surface area contributed by atoms with Crippen LogP contribution in [-0.4, -0.2) is 6.29 Å². The van der Waals surface area contributed by atoms with Gasteiger partial charge in [0.2, 0.25) is 0 Å². The molecule has 0 fully saturated rings. The molecule has 1 nitrogen and oxygen atoms in total. The van der Waals surface area contributed by atoms with Gasteiger partial charge in [0.05, 0.1) is 0 Å². The lowest BCUT2D eigenvalue weighted by Crippen LogP contribution is -1.94. The molecule has 0 bridgehead atoms. The first-order valence-corrected chi connectivity index (χ1v) is 6.82. The summed E-state index contributed by atoms with van der Waals surface area (Å²) in [6.07, 6.45) is 1.92. The monoisotopic (exact) mass is 272 g/mol. The number of carbonyl (C=O) groups is 1. The molecule has 0 aliphatic carbocycles. The summed E-state index contributed by atoms with van der Waals surface area (Å²) in [4.78, 5) is 11.1. The van der Waals surface area contributed by atoms with Crippen molar-refractivity contribution in [1.29, 1.82) is 0 Å². The second-order valence-corrected chi connectivity index (χ2v) is 5.58. The minimum atomic E-state index is 0.585. The van der Waals surface area contributed by atoms with E-state index >= 15 is 0 Å². The van der Waals surface area contributed by atoms with Gasteiger partial charge in [0, 0.05) is 10.6 Å². The van der Waals surface area contributed by atoms with Gasteiger partial charge in [-0.1, -0.05) is 55.8 Å². The van der Waals surface area contributed by atoms with Gasteiger partial charge in [0.25, 0.3) is 0 Å². The van der Waals surface area contributed by atoms with Gasteiger partial charge in [-0.3, -0.25) is 4.79 Å². The third-order valence-electron chi connectivity index (χ3n) is 3.05. The Morgan fingerprint density at radius 1 is 1.11 bits per heavy atom. The second-order valence-electron chi connectivity index (χ2n) is 5.14. The summed E-state index contributed by atoms with van der Waals surface area (Å²) < 4.78 is 0. The van der Waals surface area contributed by atoms with E-state index in [2.05, 4.69) is 38.1 Å². The number of rotatable bonds is 4. The first-order valence-electron chi connectivity index (χ1n) is 6.44. The fourth-order valence-corrected chi connectivity index (χ4v) is 2.37. The van der Waals surface area contributed by atoms with E-state index in [1.165, 1.54) is 5.56 Å². The maximum Gasteiger partial charge on any atom is 0.150 e. The van der Waals surface area contributed by atoms with E-state index in [0.29, 0.717) is 16.5 Å². The van der Waals surface area contributed by atoms with Crippen LogP contribution in [0.5, 0.6) is 0 Å². The van der Waals surface area contributed by atoms with E-state index in [1.807, 2.05) is 12.1 Å². The molecule has 0 saturated heterocycles. The van der Waals surface area contributed by atoms with Crippen LogP contribution in [0.4, 0.5) is 0 Å². The van der Waals surface area contributed by atoms with Crippen LogP contribution in [0.15, 0.2) is 42.5 Å². The highest BCUT2D eigenvalue weighted by Crippen LogP contribution is 2.26. The van der Waals surface area contributed by atoms with Crippen molar-refractivity contribution in [2.24, 2.45) is 5.92 Å². The SMILES string of the molecule is CC(C)Cc1ccc(-c2ccc(Cl)cc2C=O)cc1. The number of aldehydes is 1. The number of halogens is 1. The largest absolute Gasteiger partial charge is 0.298 e. The average Bonchev–Trinajstić information content (AvgIpc) is 2.39. The van der Waals surface area contributed by atoms with E-state index in [9.17, 15) is 4.79 Å². The Kier molecular flexibility index (Phi) is 4.39. The molecule has 0 aliphatic heterocycles. The summed E-state index contributed by atoms with van der Waals surface area (Å²) in [5.74, 6) is 0.645. The van der Waals surface area contributed by atoms with Crippen molar-refractivity contribution in [1.82, 2.24) is 0 Å². The van der Waals surface area contributed by atoms with E-state index < -0.39 is 0 Å². The summed E-state index contributed by atoms with van der Waals surface area (Å²) in [6, 6.07) is 13.8. The molecule has 0 N–H and O–H groups in total. The maximum atomic E-state index is 11.1. The molecular weight excluding hydrogens is 256 g/mol. The normalized spacial score (nSPS) is 10.7. The molecule has 98 valence electrons. The lowest BCUT2D eigenvalue weighted by Gasteiger charge is -2.08. The summed E-state index contributed by atoms with van der Waals surface area (Å²) in [5, 5.41) is 0.585. The minimum absolute atomic E-state index is 0.585. The zero-order chi connectivity index (χ0) is 13.8. The highest BCUT2D eigenvalue weighted by atomic mass is 35.5. The molecule has 0 saturated carbocycles. The van der Waals surface area contributed by atoms with Crippen molar-refractivity contribution in [2.45, 2.75) is 20.3 Å². The molecule has 0 amide bonds. The summed E-state index contributed by atoms with van der Waals surface area (Å²) in [7, 11) is 0. The van der Waals surface area contributed by atoms with Gasteiger partial charge >= 0.3 is 0 Å². The molecular formula is C17H17ClO. The van der Waals surface area contributed by atoms with Gasteiger partial charge in [0.15, 0.2) is 6.29 Å². The van der Waals surface area contributed by atoms with E-state index in [4.69, 9.17) is 11.6 Å². The Bertz CT molecular complexity index is 570. The van der Waals surface area contributed by atoms with Crippen LogP contribution in [0.2, 0.25) is 5.02 Å². The first kappa shape index (κ1) is 13.8. The highest BCUT2D eigenvalue weighted by Gasteiger charge is 2.06. The molecule has 0 aliphatic rings. The van der Waals surface area contributed by atoms with Gasteiger partial charge in [-0.2, -0.15) is 0 Å².